The van der Waals surface area contributed by atoms with E-state index in [4.69, 9.17) is 9.47 Å². The van der Waals surface area contributed by atoms with Gasteiger partial charge in [0.05, 0.1) is 0 Å². The van der Waals surface area contributed by atoms with Crippen LogP contribution in [-0.2, 0) is 6.54 Å². The highest BCUT2D eigenvalue weighted by Crippen LogP contribution is 2.32. The van der Waals surface area contributed by atoms with E-state index in [1.54, 1.807) is 6.08 Å². The summed E-state index contributed by atoms with van der Waals surface area (Å²) in [6.07, 6.45) is 1.81. The van der Waals surface area contributed by atoms with E-state index in [0.717, 1.165) is 55.7 Å². The summed E-state index contributed by atoms with van der Waals surface area (Å²) in [6, 6.07) is 8.24. The summed E-state index contributed by atoms with van der Waals surface area (Å²) in [4.78, 5) is 13.9. The minimum Gasteiger partial charge on any atom is -0.454 e. The maximum Gasteiger partial charge on any atom is 0.231 e. The zero-order valence-electron chi connectivity index (χ0n) is 15.6. The predicted octanol–water partition coefficient (Wildman–Crippen LogP) is 2.43. The quantitative estimate of drug-likeness (QED) is 0.787. The van der Waals surface area contributed by atoms with Crippen LogP contribution in [0.3, 0.4) is 0 Å². The van der Waals surface area contributed by atoms with Crippen LogP contribution in [0.15, 0.2) is 36.9 Å². The molecule has 7 nitrogen and oxygen atoms in total. The van der Waals surface area contributed by atoms with Crippen molar-refractivity contribution in [3.63, 3.8) is 0 Å². The summed E-state index contributed by atoms with van der Waals surface area (Å²) in [7, 11) is 0. The SMILES string of the molecule is C=CCNc1nc(C)cc(N2CCN(Cc3ccc4c(c3)OCO4)CC2)n1. The number of benzene rings is 1. The molecule has 1 aromatic carbocycles. The van der Waals surface area contributed by atoms with Gasteiger partial charge in [0.1, 0.15) is 5.82 Å². The molecule has 7 heteroatoms. The molecule has 1 N–H and O–H groups in total. The smallest absolute Gasteiger partial charge is 0.231 e. The van der Waals surface area contributed by atoms with Crippen molar-refractivity contribution in [2.24, 2.45) is 0 Å². The number of nitrogens with one attached hydrogen (secondary N) is 1. The van der Waals surface area contributed by atoms with Crippen LogP contribution in [0.4, 0.5) is 11.8 Å². The number of ether oxygens (including phenoxy) is 2. The first-order chi connectivity index (χ1) is 13.2. The Kier molecular flexibility index (Phi) is 5.11. The average Bonchev–Trinajstić information content (AvgIpc) is 3.14. The van der Waals surface area contributed by atoms with E-state index in [-0.39, 0.29) is 0 Å². The highest BCUT2D eigenvalue weighted by Gasteiger charge is 2.20. The van der Waals surface area contributed by atoms with Gasteiger partial charge < -0.3 is 19.7 Å². The zero-order chi connectivity index (χ0) is 18.6. The summed E-state index contributed by atoms with van der Waals surface area (Å²) in [5.41, 5.74) is 2.22. The zero-order valence-corrected chi connectivity index (χ0v) is 15.6. The number of hydrogen-bond acceptors (Lipinski definition) is 7. The van der Waals surface area contributed by atoms with Crippen molar-refractivity contribution in [3.8, 4) is 11.5 Å². The van der Waals surface area contributed by atoms with Crippen molar-refractivity contribution >= 4 is 11.8 Å². The number of aryl methyl sites for hydroxylation is 1. The van der Waals surface area contributed by atoms with Crippen LogP contribution < -0.4 is 19.7 Å². The highest BCUT2D eigenvalue weighted by molar-refractivity contribution is 5.46. The minimum absolute atomic E-state index is 0.319. The first kappa shape index (κ1) is 17.6. The van der Waals surface area contributed by atoms with Gasteiger partial charge in [0.25, 0.3) is 0 Å². The van der Waals surface area contributed by atoms with Crippen molar-refractivity contribution in [2.45, 2.75) is 13.5 Å². The van der Waals surface area contributed by atoms with Crippen molar-refractivity contribution < 1.29 is 9.47 Å². The molecule has 0 amide bonds. The molecule has 1 aromatic heterocycles. The standard InChI is InChI=1S/C20H25N5O2/c1-3-6-21-20-22-15(2)11-19(23-20)25-9-7-24(8-10-25)13-16-4-5-17-18(12-16)27-14-26-17/h3-5,11-12H,1,6-10,13-14H2,2H3,(H,21,22,23). The fourth-order valence-corrected chi connectivity index (χ4v) is 3.39. The Morgan fingerprint density at radius 2 is 1.93 bits per heavy atom. The van der Waals surface area contributed by atoms with Crippen LogP contribution in [-0.4, -0.2) is 54.4 Å². The molecule has 3 heterocycles. The fraction of sp³-hybridized carbons (Fsp3) is 0.400. The summed E-state index contributed by atoms with van der Waals surface area (Å²) < 4.78 is 10.9. The Morgan fingerprint density at radius 1 is 1.11 bits per heavy atom. The monoisotopic (exact) mass is 367 g/mol. The predicted molar refractivity (Wildman–Crippen MR) is 106 cm³/mol. The maximum absolute atomic E-state index is 5.48. The topological polar surface area (TPSA) is 62.8 Å². The number of fused-ring (bicyclic) bond motifs is 1. The van der Waals surface area contributed by atoms with Gasteiger partial charge >= 0.3 is 0 Å². The van der Waals surface area contributed by atoms with Crippen LogP contribution in [0, 0.1) is 6.92 Å². The van der Waals surface area contributed by atoms with Crippen LogP contribution >= 0.6 is 0 Å². The Morgan fingerprint density at radius 3 is 2.74 bits per heavy atom. The Bertz CT molecular complexity index is 818. The van der Waals surface area contributed by atoms with Gasteiger partial charge in [-0.3, -0.25) is 4.90 Å². The van der Waals surface area contributed by atoms with Gasteiger partial charge in [-0.05, 0) is 24.6 Å². The number of hydrogen-bond donors (Lipinski definition) is 1. The van der Waals surface area contributed by atoms with Gasteiger partial charge in [0.2, 0.25) is 12.7 Å². The van der Waals surface area contributed by atoms with Crippen LogP contribution in [0.1, 0.15) is 11.3 Å². The van der Waals surface area contributed by atoms with Crippen LogP contribution in [0.25, 0.3) is 0 Å². The highest BCUT2D eigenvalue weighted by atomic mass is 16.7. The molecule has 142 valence electrons. The van der Waals surface area contributed by atoms with Gasteiger partial charge in [0, 0.05) is 51.0 Å². The lowest BCUT2D eigenvalue weighted by Crippen LogP contribution is -2.46. The second-order valence-corrected chi connectivity index (χ2v) is 6.81. The van der Waals surface area contributed by atoms with E-state index < -0.39 is 0 Å². The van der Waals surface area contributed by atoms with Crippen molar-refractivity contribution in [1.82, 2.24) is 14.9 Å². The second kappa shape index (κ2) is 7.84. The molecular weight excluding hydrogens is 342 g/mol. The molecule has 2 aliphatic heterocycles. The number of anilines is 2. The van der Waals surface area contributed by atoms with Crippen molar-refractivity contribution in [3.05, 3.63) is 48.2 Å². The number of aromatic nitrogens is 2. The van der Waals surface area contributed by atoms with Gasteiger partial charge in [0.15, 0.2) is 11.5 Å². The average molecular weight is 367 g/mol. The summed E-state index contributed by atoms with van der Waals surface area (Å²) in [5.74, 6) is 3.33. The third-order valence-corrected chi connectivity index (χ3v) is 4.78. The van der Waals surface area contributed by atoms with Crippen molar-refractivity contribution in [1.29, 1.82) is 0 Å². The summed E-state index contributed by atoms with van der Waals surface area (Å²) in [6.45, 7) is 11.5. The number of nitrogens with zero attached hydrogens (tertiary/aromatic N) is 4. The van der Waals surface area contributed by atoms with Gasteiger partial charge in [-0.15, -0.1) is 6.58 Å². The molecule has 0 unspecified atom stereocenters. The molecule has 0 spiro atoms. The first-order valence-corrected chi connectivity index (χ1v) is 9.27. The largest absolute Gasteiger partial charge is 0.454 e. The van der Waals surface area contributed by atoms with E-state index in [1.807, 2.05) is 19.1 Å². The molecule has 0 aliphatic carbocycles. The van der Waals surface area contributed by atoms with Gasteiger partial charge in [-0.1, -0.05) is 12.1 Å². The Labute approximate surface area is 159 Å². The number of rotatable bonds is 6. The molecule has 0 atom stereocenters. The van der Waals surface area contributed by atoms with Crippen LogP contribution in [0.5, 0.6) is 11.5 Å². The molecule has 4 rings (SSSR count). The van der Waals surface area contributed by atoms with E-state index >= 15 is 0 Å². The first-order valence-electron chi connectivity index (χ1n) is 9.27. The molecule has 27 heavy (non-hydrogen) atoms. The summed E-state index contributed by atoms with van der Waals surface area (Å²) >= 11 is 0. The molecule has 1 saturated heterocycles. The van der Waals surface area contributed by atoms with Gasteiger partial charge in [-0.25, -0.2) is 4.98 Å². The fourth-order valence-electron chi connectivity index (χ4n) is 3.39. The van der Waals surface area contributed by atoms with Crippen LogP contribution in [0.2, 0.25) is 0 Å². The summed E-state index contributed by atoms with van der Waals surface area (Å²) in [5, 5.41) is 3.18. The van der Waals surface area contributed by atoms with E-state index in [0.29, 0.717) is 19.3 Å². The molecular formula is C20H25N5O2. The molecule has 0 saturated carbocycles. The lowest BCUT2D eigenvalue weighted by Gasteiger charge is -2.35. The second-order valence-electron chi connectivity index (χ2n) is 6.81. The lowest BCUT2D eigenvalue weighted by molar-refractivity contribution is 0.174. The third-order valence-electron chi connectivity index (χ3n) is 4.78. The number of piperazine rings is 1. The Balaban J connectivity index is 1.36. The molecule has 0 bridgehead atoms. The normalized spacial score (nSPS) is 16.4. The van der Waals surface area contributed by atoms with E-state index in [2.05, 4.69) is 43.8 Å². The van der Waals surface area contributed by atoms with Gasteiger partial charge in [-0.2, -0.15) is 4.98 Å². The molecule has 1 fully saturated rings. The third kappa shape index (κ3) is 4.14. The minimum atomic E-state index is 0.319. The van der Waals surface area contributed by atoms with E-state index in [1.165, 1.54) is 5.56 Å². The molecule has 2 aromatic rings. The van der Waals surface area contributed by atoms with Crippen molar-refractivity contribution in [2.75, 3.05) is 49.7 Å². The maximum atomic E-state index is 5.48. The molecule has 0 radical (unpaired) electrons. The Hall–Kier alpha value is -2.80. The van der Waals surface area contributed by atoms with E-state index in [9.17, 15) is 0 Å². The molecule has 2 aliphatic rings. The lowest BCUT2D eigenvalue weighted by atomic mass is 10.1.